The molecule has 0 radical (unpaired) electrons. The van der Waals surface area contributed by atoms with Gasteiger partial charge < -0.3 is 159 Å². The number of aliphatic hydroxyl groups is 18. The predicted molar refractivity (Wildman–Crippen MR) is 218 cm³/mol. The highest BCUT2D eigenvalue weighted by molar-refractivity contribution is 5.67. The fraction of sp³-hybridized carbons (Fsp3) is 0.975. The van der Waals surface area contributed by atoms with Crippen LogP contribution in [0.2, 0.25) is 0 Å². The predicted octanol–water partition coefficient (Wildman–Crippen LogP) is -13.2. The van der Waals surface area contributed by atoms with E-state index < -0.39 is 249 Å². The molecule has 0 aromatic carbocycles. The Morgan fingerprint density at radius 2 is 0.562 bits per heavy atom. The van der Waals surface area contributed by atoms with Crippen molar-refractivity contribution in [1.82, 2.24) is 0 Å². The number of carbonyl (C=O) groups is 1. The molecule has 0 aliphatic carbocycles. The van der Waals surface area contributed by atoms with Crippen LogP contribution < -0.4 is 0 Å². The smallest absolute Gasteiger partial charge is 0.306 e. The summed E-state index contributed by atoms with van der Waals surface area (Å²) in [5.74, 6) is -1.47. The summed E-state index contributed by atoms with van der Waals surface area (Å²) in [6.45, 7) is -7.14. The lowest BCUT2D eigenvalue weighted by Crippen LogP contribution is -2.69. The number of carboxylic acids is 1. The van der Waals surface area contributed by atoms with Gasteiger partial charge in [0, 0.05) is 0 Å². The summed E-state index contributed by atoms with van der Waals surface area (Å²) in [5, 5.41) is 207. The van der Waals surface area contributed by atoms with Gasteiger partial charge in [0.15, 0.2) is 37.7 Å². The van der Waals surface area contributed by atoms with Crippen molar-refractivity contribution in [2.24, 2.45) is 0 Å². The number of hydrogen-bond acceptors (Lipinski definition) is 32. The minimum atomic E-state index is -2.23. The first kappa shape index (κ1) is 58.9. The van der Waals surface area contributed by atoms with Gasteiger partial charge in [0.1, 0.15) is 146 Å². The molecule has 22 heterocycles. The molecule has 31 atom stereocenters. The molecule has 22 fully saturated rings. The molecule has 33 heteroatoms. The van der Waals surface area contributed by atoms with Crippen LogP contribution in [0.3, 0.4) is 0 Å². The third-order valence-corrected chi connectivity index (χ3v) is 13.5. The van der Waals surface area contributed by atoms with Crippen LogP contribution in [-0.2, 0) is 66.4 Å². The SMILES string of the molecule is O=C(O)CC(O)CO[C@@H]1[C@@H](O)[C@H]2O[C@H]3[C@H](O)[C@@H](O)[C@@H](O[C@H]4[C@H](O)[C@@H](O)[C@@H](O[C@H]5[C@H](O)[C@@H](O)[C@@H](O[C@H]6[C@H](O)[C@@H](O)[C@@H](O[C@H]7[C@H](O)[C@@H](O)[C@@H](O[C@H]1[C@@H](CO)O2)O[C@@H]7CO)O[C@@H]6CO)O[C@@H]5CO)O[C@@H]4CO)O[C@@H]3CO. The van der Waals surface area contributed by atoms with E-state index in [1.807, 2.05) is 0 Å². The van der Waals surface area contributed by atoms with Crippen LogP contribution >= 0.6 is 0 Å². The maximum atomic E-state index is 11.7. The lowest BCUT2D eigenvalue weighted by Gasteiger charge is -2.51. The molecular weight excluding hydrogens is 1010 g/mol. The van der Waals surface area contributed by atoms with Crippen molar-refractivity contribution in [3.8, 4) is 0 Å². The van der Waals surface area contributed by atoms with Crippen molar-refractivity contribution >= 4 is 5.97 Å². The van der Waals surface area contributed by atoms with Gasteiger partial charge in [-0.25, -0.2) is 0 Å². The van der Waals surface area contributed by atoms with Crippen molar-refractivity contribution in [1.29, 1.82) is 0 Å². The Morgan fingerprint density at radius 1 is 0.342 bits per heavy atom. The van der Waals surface area contributed by atoms with Crippen LogP contribution in [0.4, 0.5) is 0 Å². The maximum Gasteiger partial charge on any atom is 0.306 e. The first-order valence-electron chi connectivity index (χ1n) is 23.2. The van der Waals surface area contributed by atoms with Gasteiger partial charge >= 0.3 is 5.97 Å². The molecule has 12 bridgehead atoms. The molecule has 0 spiro atoms. The first-order chi connectivity index (χ1) is 34.7. The highest BCUT2D eigenvalue weighted by Crippen LogP contribution is 2.38. The molecule has 424 valence electrons. The van der Waals surface area contributed by atoms with E-state index in [4.69, 9.17) is 61.6 Å². The van der Waals surface area contributed by atoms with Crippen molar-refractivity contribution in [2.75, 3.05) is 46.2 Å². The first-order valence-corrected chi connectivity index (χ1v) is 23.2. The Kier molecular flexibility index (Phi) is 20.5. The lowest BCUT2D eigenvalue weighted by molar-refractivity contribution is -0.405. The van der Waals surface area contributed by atoms with Gasteiger partial charge in [0.2, 0.25) is 0 Å². The second-order valence-corrected chi connectivity index (χ2v) is 18.4. The Morgan fingerprint density at radius 3 is 0.795 bits per heavy atom. The second-order valence-electron chi connectivity index (χ2n) is 18.4. The van der Waals surface area contributed by atoms with Crippen LogP contribution in [0.15, 0.2) is 0 Å². The average Bonchev–Trinajstić information content (AvgIpc) is 3.36. The van der Waals surface area contributed by atoms with E-state index in [1.165, 1.54) is 0 Å². The van der Waals surface area contributed by atoms with Crippen molar-refractivity contribution in [3.63, 3.8) is 0 Å². The zero-order valence-electron chi connectivity index (χ0n) is 38.3. The molecule has 0 amide bonds. The highest BCUT2D eigenvalue weighted by atomic mass is 16.8. The fourth-order valence-electron chi connectivity index (χ4n) is 9.59. The van der Waals surface area contributed by atoms with Gasteiger partial charge in [-0.1, -0.05) is 0 Å². The summed E-state index contributed by atoms with van der Waals surface area (Å²) in [5.41, 5.74) is 0. The molecule has 22 aliphatic rings. The second kappa shape index (κ2) is 25.4. The van der Waals surface area contributed by atoms with E-state index in [1.54, 1.807) is 0 Å². The van der Waals surface area contributed by atoms with Crippen LogP contribution in [0.1, 0.15) is 6.42 Å². The monoisotopic (exact) mass is 1070 g/mol. The van der Waals surface area contributed by atoms with Crippen LogP contribution in [0.5, 0.6) is 0 Å². The molecular formula is C40H66O33. The topological polar surface area (TPSA) is 521 Å². The van der Waals surface area contributed by atoms with E-state index in [0.717, 1.165) is 0 Å². The summed E-state index contributed by atoms with van der Waals surface area (Å²) in [4.78, 5) is 11.4. The van der Waals surface area contributed by atoms with Crippen LogP contribution in [-0.4, -0.2) is 340 Å². The number of aliphatic hydroxyl groups excluding tert-OH is 18. The van der Waals surface area contributed by atoms with Gasteiger partial charge in [0.25, 0.3) is 0 Å². The number of rotatable bonds is 11. The third-order valence-electron chi connectivity index (χ3n) is 13.5. The zero-order valence-corrected chi connectivity index (χ0v) is 38.3. The minimum Gasteiger partial charge on any atom is -0.481 e. The normalized spacial score (nSPS) is 51.6. The molecule has 0 aromatic rings. The molecule has 1 unspecified atom stereocenters. The van der Waals surface area contributed by atoms with E-state index in [2.05, 4.69) is 0 Å². The quantitative estimate of drug-likeness (QED) is 0.0913. The van der Waals surface area contributed by atoms with E-state index in [9.17, 15) is 102 Å². The Bertz CT molecular complexity index is 1710. The van der Waals surface area contributed by atoms with Crippen LogP contribution in [0.25, 0.3) is 0 Å². The molecule has 73 heavy (non-hydrogen) atoms. The summed E-state index contributed by atoms with van der Waals surface area (Å²) >= 11 is 0. The summed E-state index contributed by atoms with van der Waals surface area (Å²) in [6.07, 6.45) is -62.5. The molecule has 22 saturated heterocycles. The molecule has 0 saturated carbocycles. The van der Waals surface area contributed by atoms with E-state index in [-0.39, 0.29) is 0 Å². The summed E-state index contributed by atoms with van der Waals surface area (Å²) in [7, 11) is 0. The summed E-state index contributed by atoms with van der Waals surface area (Å²) in [6, 6.07) is 0. The van der Waals surface area contributed by atoms with Gasteiger partial charge in [-0.05, 0) is 0 Å². The van der Waals surface area contributed by atoms with E-state index in [0.29, 0.717) is 0 Å². The molecule has 33 nitrogen and oxygen atoms in total. The zero-order chi connectivity index (χ0) is 53.3. The third kappa shape index (κ3) is 12.3. The molecule has 22 aliphatic heterocycles. The standard InChI is InChI=1S/C40H66O33/c41-2-10-28-17(50)22(55)35(62-10)69-29-11(3-42)64-37(24(57)19(29)52)71-31-13(5-44)66-39(26(59)21(31)54)73-33-15(7-46)67-40(27(60)34(33)61-8-9(47)1-16(48)49)72-32-14(6-45)65-38(25(58)20(32)53)70-30-12(4-43)63-36(68-28)23(56)18(30)51/h9-15,17-47,50-60H,1-8H2,(H,48,49)/t9?,10-,11-,12-,13-,14-,15-,17-,18-,19-,20-,21-,22-,23-,24-,25-,26-,27-,28-,29-,30-,31-,32-,33+,34-,35-,36-,37-,38-,39-,40-/m1/s1. The Labute approximate surface area is 412 Å². The average molecular weight is 1070 g/mol. The van der Waals surface area contributed by atoms with Crippen molar-refractivity contribution in [3.05, 3.63) is 0 Å². The minimum absolute atomic E-state index is 0.875. The maximum absolute atomic E-state index is 11.7. The van der Waals surface area contributed by atoms with Crippen molar-refractivity contribution in [2.45, 2.75) is 197 Å². The highest BCUT2D eigenvalue weighted by Gasteiger charge is 2.59. The molecule has 0 aromatic heterocycles. The van der Waals surface area contributed by atoms with Gasteiger partial charge in [-0.2, -0.15) is 0 Å². The lowest BCUT2D eigenvalue weighted by atomic mass is 9.94. The van der Waals surface area contributed by atoms with Gasteiger partial charge in [0.05, 0.1) is 58.8 Å². The number of hydrogen-bond donors (Lipinski definition) is 19. The van der Waals surface area contributed by atoms with Crippen molar-refractivity contribution < 1.29 is 163 Å². The van der Waals surface area contributed by atoms with Gasteiger partial charge in [-0.3, -0.25) is 4.79 Å². The van der Waals surface area contributed by atoms with Crippen LogP contribution in [0, 0.1) is 0 Å². The van der Waals surface area contributed by atoms with E-state index >= 15 is 0 Å². The fourth-order valence-corrected chi connectivity index (χ4v) is 9.59. The summed E-state index contributed by atoms with van der Waals surface area (Å²) < 4.78 is 74.5. The van der Waals surface area contributed by atoms with Gasteiger partial charge in [-0.15, -0.1) is 0 Å². The molecule has 19 N–H and O–H groups in total. The number of carboxylic acid groups (broad SMARTS) is 1. The Hall–Kier alpha value is -1.77. The number of ether oxygens (including phenoxy) is 13. The molecule has 22 rings (SSSR count). The number of aliphatic carboxylic acids is 1. The largest absolute Gasteiger partial charge is 0.481 e. The Balaban J connectivity index is 1.22.